The number of thiocarbonyl (C=S) groups is 1. The molecule has 5 nitrogen and oxygen atoms in total. The number of carbonyl (C=O) groups is 1. The van der Waals surface area contributed by atoms with E-state index in [1.807, 2.05) is 0 Å². The molecule has 2 aromatic rings. The van der Waals surface area contributed by atoms with E-state index >= 15 is 0 Å². The Balaban J connectivity index is 2.06. The van der Waals surface area contributed by atoms with Gasteiger partial charge in [-0.1, -0.05) is 24.4 Å². The monoisotopic (exact) mass is 292 g/mol. The average Bonchev–Trinajstić information content (AvgIpc) is 2.83. The predicted molar refractivity (Wildman–Crippen MR) is 76.8 cm³/mol. The summed E-state index contributed by atoms with van der Waals surface area (Å²) in [6.07, 6.45) is 1.43. The van der Waals surface area contributed by atoms with E-state index in [0.29, 0.717) is 22.4 Å². The molecule has 0 atom stereocenters. The van der Waals surface area contributed by atoms with Crippen LogP contribution >= 0.6 is 12.2 Å². The van der Waals surface area contributed by atoms with E-state index in [2.05, 4.69) is 15.5 Å². The van der Waals surface area contributed by atoms with E-state index < -0.39 is 5.82 Å². The number of aromatic nitrogens is 2. The minimum Gasteiger partial charge on any atom is -0.389 e. The number of aromatic amines is 1. The fraction of sp³-hybridized carbons (Fsp3) is 0.154. The molecule has 0 radical (unpaired) electrons. The van der Waals surface area contributed by atoms with Gasteiger partial charge in [0.15, 0.2) is 0 Å². The number of nitrogens with one attached hydrogen (secondary N) is 2. The first-order valence-electron chi connectivity index (χ1n) is 5.85. The Morgan fingerprint density at radius 2 is 2.30 bits per heavy atom. The summed E-state index contributed by atoms with van der Waals surface area (Å²) in [6.45, 7) is 1.81. The Morgan fingerprint density at radius 3 is 2.85 bits per heavy atom. The molecule has 0 bridgehead atoms. The summed E-state index contributed by atoms with van der Waals surface area (Å²) >= 11 is 4.77. The maximum atomic E-state index is 13.8. The number of nitrogens with two attached hydrogens (primary N) is 1. The number of H-pyrrole nitrogens is 1. The summed E-state index contributed by atoms with van der Waals surface area (Å²) in [6, 6.07) is 4.43. The van der Waals surface area contributed by atoms with Gasteiger partial charge < -0.3 is 11.1 Å². The summed E-state index contributed by atoms with van der Waals surface area (Å²) in [7, 11) is 0. The molecule has 1 amide bonds. The van der Waals surface area contributed by atoms with Crippen molar-refractivity contribution in [1.29, 1.82) is 0 Å². The van der Waals surface area contributed by atoms with Crippen molar-refractivity contribution in [2.24, 2.45) is 5.73 Å². The molecule has 7 heteroatoms. The number of benzene rings is 1. The minimum atomic E-state index is -0.459. The van der Waals surface area contributed by atoms with Crippen molar-refractivity contribution < 1.29 is 9.18 Å². The SMILES string of the molecule is Cc1[nH]ncc1C(=O)NCc1ccc(C(N)=S)cc1F. The fourth-order valence-electron chi connectivity index (χ4n) is 1.69. The van der Waals surface area contributed by atoms with E-state index in [-0.39, 0.29) is 17.4 Å². The smallest absolute Gasteiger partial charge is 0.255 e. The van der Waals surface area contributed by atoms with Gasteiger partial charge in [-0.15, -0.1) is 0 Å². The summed E-state index contributed by atoms with van der Waals surface area (Å²) in [4.78, 5) is 12.0. The van der Waals surface area contributed by atoms with Crippen molar-refractivity contribution in [3.8, 4) is 0 Å². The second-order valence-corrected chi connectivity index (χ2v) is 4.70. The molecule has 0 aliphatic heterocycles. The topological polar surface area (TPSA) is 83.8 Å². The summed E-state index contributed by atoms with van der Waals surface area (Å²) in [5.74, 6) is -0.770. The van der Waals surface area contributed by atoms with Crippen molar-refractivity contribution in [2.45, 2.75) is 13.5 Å². The van der Waals surface area contributed by atoms with Gasteiger partial charge in [-0.25, -0.2) is 4.39 Å². The zero-order chi connectivity index (χ0) is 14.7. The Morgan fingerprint density at radius 1 is 1.55 bits per heavy atom. The van der Waals surface area contributed by atoms with Gasteiger partial charge in [-0.3, -0.25) is 9.89 Å². The highest BCUT2D eigenvalue weighted by molar-refractivity contribution is 7.80. The highest BCUT2D eigenvalue weighted by atomic mass is 32.1. The second kappa shape index (κ2) is 5.79. The van der Waals surface area contributed by atoms with Crippen molar-refractivity contribution >= 4 is 23.1 Å². The molecule has 1 aromatic heterocycles. The molecule has 0 aliphatic rings. The van der Waals surface area contributed by atoms with Crippen molar-refractivity contribution in [3.05, 3.63) is 52.6 Å². The van der Waals surface area contributed by atoms with Crippen LogP contribution in [0.15, 0.2) is 24.4 Å². The molecule has 0 aliphatic carbocycles. The number of hydrogen-bond donors (Lipinski definition) is 3. The Bertz CT molecular complexity index is 668. The van der Waals surface area contributed by atoms with Crippen LogP contribution in [0, 0.1) is 12.7 Å². The lowest BCUT2D eigenvalue weighted by atomic mass is 10.1. The zero-order valence-electron chi connectivity index (χ0n) is 10.7. The lowest BCUT2D eigenvalue weighted by molar-refractivity contribution is 0.0950. The molecule has 2 rings (SSSR count). The molecule has 0 unspecified atom stereocenters. The number of amides is 1. The summed E-state index contributed by atoms with van der Waals surface area (Å²) < 4.78 is 13.8. The quantitative estimate of drug-likeness (QED) is 0.744. The van der Waals surface area contributed by atoms with Crippen molar-refractivity contribution in [3.63, 3.8) is 0 Å². The van der Waals surface area contributed by atoms with Gasteiger partial charge >= 0.3 is 0 Å². The van der Waals surface area contributed by atoms with E-state index in [9.17, 15) is 9.18 Å². The first kappa shape index (κ1) is 14.1. The molecule has 0 spiro atoms. The van der Waals surface area contributed by atoms with E-state index in [1.165, 1.54) is 12.3 Å². The molecule has 20 heavy (non-hydrogen) atoms. The molecule has 1 heterocycles. The van der Waals surface area contributed by atoms with Gasteiger partial charge in [-0.05, 0) is 13.0 Å². The predicted octanol–water partition coefficient (Wildman–Crippen LogP) is 1.42. The highest BCUT2D eigenvalue weighted by Crippen LogP contribution is 2.11. The molecule has 4 N–H and O–H groups in total. The number of halogens is 1. The third kappa shape index (κ3) is 3.00. The van der Waals surface area contributed by atoms with Crippen LogP contribution in [0.3, 0.4) is 0 Å². The first-order valence-corrected chi connectivity index (χ1v) is 6.26. The van der Waals surface area contributed by atoms with Gasteiger partial charge in [-0.2, -0.15) is 5.10 Å². The van der Waals surface area contributed by atoms with Crippen LogP contribution in [-0.4, -0.2) is 21.1 Å². The average molecular weight is 292 g/mol. The standard InChI is InChI=1S/C13H13FN4OS/c1-7-10(6-17-18-7)13(19)16-5-9-3-2-8(12(15)20)4-11(9)14/h2-4,6H,5H2,1H3,(H2,15,20)(H,16,19)(H,17,18). The number of aryl methyl sites for hydroxylation is 1. The van der Waals surface area contributed by atoms with Crippen LogP contribution in [0.1, 0.15) is 27.2 Å². The maximum absolute atomic E-state index is 13.8. The Hall–Kier alpha value is -2.28. The van der Waals surface area contributed by atoms with Crippen LogP contribution in [-0.2, 0) is 6.54 Å². The Labute approximate surface area is 120 Å². The number of nitrogens with zero attached hydrogens (tertiary/aromatic N) is 1. The maximum Gasteiger partial charge on any atom is 0.255 e. The number of carbonyl (C=O) groups excluding carboxylic acids is 1. The van der Waals surface area contributed by atoms with E-state index in [0.717, 1.165) is 0 Å². The van der Waals surface area contributed by atoms with Gasteiger partial charge in [0.1, 0.15) is 10.8 Å². The largest absolute Gasteiger partial charge is 0.389 e. The molecule has 0 saturated carbocycles. The van der Waals surface area contributed by atoms with Gasteiger partial charge in [0.2, 0.25) is 0 Å². The van der Waals surface area contributed by atoms with Crippen LogP contribution < -0.4 is 11.1 Å². The summed E-state index contributed by atoms with van der Waals surface area (Å²) in [5, 5.41) is 9.05. The number of rotatable bonds is 4. The normalized spacial score (nSPS) is 10.3. The van der Waals surface area contributed by atoms with Crippen LogP contribution in [0.5, 0.6) is 0 Å². The second-order valence-electron chi connectivity index (χ2n) is 4.26. The van der Waals surface area contributed by atoms with Gasteiger partial charge in [0, 0.05) is 23.4 Å². The minimum absolute atomic E-state index is 0.0763. The van der Waals surface area contributed by atoms with E-state index in [4.69, 9.17) is 18.0 Å². The Kier molecular flexibility index (Phi) is 4.09. The van der Waals surface area contributed by atoms with Crippen LogP contribution in [0.2, 0.25) is 0 Å². The fourth-order valence-corrected chi connectivity index (χ4v) is 1.82. The molecule has 0 saturated heterocycles. The molecule has 104 valence electrons. The summed E-state index contributed by atoms with van der Waals surface area (Å²) in [5.41, 5.74) is 7.33. The van der Waals surface area contributed by atoms with Crippen LogP contribution in [0.25, 0.3) is 0 Å². The van der Waals surface area contributed by atoms with Crippen molar-refractivity contribution in [2.75, 3.05) is 0 Å². The third-order valence-electron chi connectivity index (χ3n) is 2.85. The van der Waals surface area contributed by atoms with Gasteiger partial charge in [0.05, 0.1) is 11.8 Å². The molecule has 1 aromatic carbocycles. The van der Waals surface area contributed by atoms with Crippen LogP contribution in [0.4, 0.5) is 4.39 Å². The lowest BCUT2D eigenvalue weighted by Crippen LogP contribution is -2.23. The van der Waals surface area contributed by atoms with Gasteiger partial charge in [0.25, 0.3) is 5.91 Å². The highest BCUT2D eigenvalue weighted by Gasteiger charge is 2.11. The molecule has 0 fully saturated rings. The first-order chi connectivity index (χ1) is 9.49. The zero-order valence-corrected chi connectivity index (χ0v) is 11.6. The molecular formula is C13H13FN4OS. The third-order valence-corrected chi connectivity index (χ3v) is 3.09. The van der Waals surface area contributed by atoms with Crippen molar-refractivity contribution in [1.82, 2.24) is 15.5 Å². The number of hydrogen-bond acceptors (Lipinski definition) is 3. The lowest BCUT2D eigenvalue weighted by Gasteiger charge is -2.07. The molecular weight excluding hydrogens is 279 g/mol. The van der Waals surface area contributed by atoms with E-state index in [1.54, 1.807) is 19.1 Å².